The number of piperidine rings is 1. The van der Waals surface area contributed by atoms with E-state index in [0.717, 1.165) is 50.3 Å². The molecular weight excluding hydrogens is 326 g/mol. The van der Waals surface area contributed by atoms with Crippen LogP contribution in [0.2, 0.25) is 0 Å². The van der Waals surface area contributed by atoms with Crippen LogP contribution in [0.25, 0.3) is 0 Å². The summed E-state index contributed by atoms with van der Waals surface area (Å²) in [5.74, 6) is 0. The van der Waals surface area contributed by atoms with Crippen molar-refractivity contribution >= 4 is 17.5 Å². The number of ether oxygens (including phenoxy) is 1. The van der Waals surface area contributed by atoms with Crippen LogP contribution in [0.5, 0.6) is 0 Å². The summed E-state index contributed by atoms with van der Waals surface area (Å²) in [6, 6.07) is 18.8. The van der Waals surface area contributed by atoms with Crippen molar-refractivity contribution in [2.45, 2.75) is 25.3 Å². The summed E-state index contributed by atoms with van der Waals surface area (Å²) in [5, 5.41) is 6.34. The lowest BCUT2D eigenvalue weighted by atomic mass is 10.0. The van der Waals surface area contributed by atoms with Gasteiger partial charge in [-0.05, 0) is 37.0 Å². The van der Waals surface area contributed by atoms with Crippen molar-refractivity contribution in [2.24, 2.45) is 0 Å². The highest BCUT2D eigenvalue weighted by Crippen LogP contribution is 2.24. The molecular formula is C21H27N3O2. The molecule has 0 aromatic heterocycles. The lowest BCUT2D eigenvalue weighted by molar-refractivity contribution is 0.187. The van der Waals surface area contributed by atoms with Gasteiger partial charge in [-0.15, -0.1) is 0 Å². The highest BCUT2D eigenvalue weighted by atomic mass is 16.5. The van der Waals surface area contributed by atoms with E-state index in [0.29, 0.717) is 6.04 Å². The van der Waals surface area contributed by atoms with Gasteiger partial charge in [-0.25, -0.2) is 4.79 Å². The molecule has 138 valence electrons. The predicted octanol–water partition coefficient (Wildman–Crippen LogP) is 3.98. The fourth-order valence-electron chi connectivity index (χ4n) is 3.33. The van der Waals surface area contributed by atoms with Crippen LogP contribution in [-0.4, -0.2) is 43.8 Å². The molecule has 0 aliphatic carbocycles. The zero-order chi connectivity index (χ0) is 18.2. The zero-order valence-corrected chi connectivity index (χ0v) is 15.3. The lowest BCUT2D eigenvalue weighted by Gasteiger charge is -2.33. The third-order valence-corrected chi connectivity index (χ3v) is 4.86. The molecule has 26 heavy (non-hydrogen) atoms. The van der Waals surface area contributed by atoms with Gasteiger partial charge in [0.2, 0.25) is 0 Å². The number of benzene rings is 2. The quantitative estimate of drug-likeness (QED) is 0.825. The van der Waals surface area contributed by atoms with E-state index in [1.54, 1.807) is 0 Å². The van der Waals surface area contributed by atoms with E-state index in [9.17, 15) is 4.79 Å². The summed E-state index contributed by atoms with van der Waals surface area (Å²) in [6.45, 7) is 3.30. The number of carbonyl (C=O) groups is 1. The SMILES string of the molecule is COC(=O)Nc1ccccc1NC1CCN(CCc2ccccc2)CC1. The minimum Gasteiger partial charge on any atom is -0.453 e. The number of hydrogen-bond acceptors (Lipinski definition) is 4. The lowest BCUT2D eigenvalue weighted by Crippen LogP contribution is -2.40. The fraction of sp³-hybridized carbons (Fsp3) is 0.381. The van der Waals surface area contributed by atoms with E-state index in [2.05, 4.69) is 45.9 Å². The number of amides is 1. The molecule has 1 heterocycles. The number of nitrogens with one attached hydrogen (secondary N) is 2. The first-order valence-corrected chi connectivity index (χ1v) is 9.21. The van der Waals surface area contributed by atoms with E-state index in [1.807, 2.05) is 24.3 Å². The number of nitrogens with zero attached hydrogens (tertiary/aromatic N) is 1. The van der Waals surface area contributed by atoms with Gasteiger partial charge in [0.25, 0.3) is 0 Å². The molecule has 0 atom stereocenters. The van der Waals surface area contributed by atoms with Crippen molar-refractivity contribution < 1.29 is 9.53 Å². The van der Waals surface area contributed by atoms with E-state index in [1.165, 1.54) is 12.7 Å². The highest BCUT2D eigenvalue weighted by Gasteiger charge is 2.19. The Kier molecular flexibility index (Phi) is 6.50. The number of rotatable bonds is 6. The Morgan fingerprint density at radius 1 is 1.04 bits per heavy atom. The van der Waals surface area contributed by atoms with E-state index < -0.39 is 6.09 Å². The predicted molar refractivity (Wildman–Crippen MR) is 106 cm³/mol. The Morgan fingerprint density at radius 2 is 1.69 bits per heavy atom. The van der Waals surface area contributed by atoms with E-state index >= 15 is 0 Å². The van der Waals surface area contributed by atoms with Crippen LogP contribution in [0, 0.1) is 0 Å². The van der Waals surface area contributed by atoms with Gasteiger partial charge in [-0.1, -0.05) is 42.5 Å². The summed E-state index contributed by atoms with van der Waals surface area (Å²) in [4.78, 5) is 14.0. The Labute approximate surface area is 155 Å². The fourth-order valence-corrected chi connectivity index (χ4v) is 3.33. The molecule has 1 saturated heterocycles. The van der Waals surface area contributed by atoms with Crippen LogP contribution in [0.3, 0.4) is 0 Å². The molecule has 3 rings (SSSR count). The number of para-hydroxylation sites is 2. The summed E-state index contributed by atoms with van der Waals surface area (Å²) in [6.07, 6.45) is 2.85. The second-order valence-corrected chi connectivity index (χ2v) is 6.66. The molecule has 1 amide bonds. The van der Waals surface area contributed by atoms with Gasteiger partial charge in [0.05, 0.1) is 18.5 Å². The third-order valence-electron chi connectivity index (χ3n) is 4.86. The molecule has 1 fully saturated rings. The Balaban J connectivity index is 1.47. The molecule has 0 radical (unpaired) electrons. The second-order valence-electron chi connectivity index (χ2n) is 6.66. The van der Waals surface area contributed by atoms with Crippen LogP contribution in [0.1, 0.15) is 18.4 Å². The minimum atomic E-state index is -0.449. The Morgan fingerprint density at radius 3 is 2.38 bits per heavy atom. The average Bonchev–Trinajstić information content (AvgIpc) is 2.69. The first-order valence-electron chi connectivity index (χ1n) is 9.21. The normalized spacial score (nSPS) is 15.4. The van der Waals surface area contributed by atoms with Crippen LogP contribution in [0.4, 0.5) is 16.2 Å². The molecule has 2 aromatic rings. The Hall–Kier alpha value is -2.53. The van der Waals surface area contributed by atoms with Crippen molar-refractivity contribution in [3.8, 4) is 0 Å². The molecule has 5 heteroatoms. The van der Waals surface area contributed by atoms with Crippen molar-refractivity contribution in [2.75, 3.05) is 37.4 Å². The van der Waals surface area contributed by atoms with Gasteiger partial charge in [0.15, 0.2) is 0 Å². The summed E-state index contributed by atoms with van der Waals surface area (Å²) >= 11 is 0. The molecule has 0 bridgehead atoms. The first kappa shape index (κ1) is 18.3. The Bertz CT molecular complexity index is 697. The van der Waals surface area contributed by atoms with Crippen molar-refractivity contribution in [3.63, 3.8) is 0 Å². The molecule has 0 unspecified atom stereocenters. The first-order chi connectivity index (χ1) is 12.7. The maximum absolute atomic E-state index is 11.5. The van der Waals surface area contributed by atoms with Crippen molar-refractivity contribution in [1.29, 1.82) is 0 Å². The van der Waals surface area contributed by atoms with Crippen LogP contribution in [-0.2, 0) is 11.2 Å². The minimum absolute atomic E-state index is 0.420. The molecule has 5 nitrogen and oxygen atoms in total. The summed E-state index contributed by atoms with van der Waals surface area (Å²) in [5.41, 5.74) is 3.10. The summed E-state index contributed by atoms with van der Waals surface area (Å²) < 4.78 is 4.69. The topological polar surface area (TPSA) is 53.6 Å². The van der Waals surface area contributed by atoms with E-state index in [-0.39, 0.29) is 0 Å². The number of anilines is 2. The van der Waals surface area contributed by atoms with Gasteiger partial charge in [-0.3, -0.25) is 5.32 Å². The monoisotopic (exact) mass is 353 g/mol. The number of methoxy groups -OCH3 is 1. The standard InChI is InChI=1S/C21H27N3O2/c1-26-21(25)23-20-10-6-5-9-19(20)22-18-12-15-24(16-13-18)14-11-17-7-3-2-4-8-17/h2-10,18,22H,11-16H2,1H3,(H,23,25). The third kappa shape index (κ3) is 5.23. The number of likely N-dealkylation sites (tertiary alicyclic amines) is 1. The van der Waals surface area contributed by atoms with Gasteiger partial charge in [0, 0.05) is 25.7 Å². The van der Waals surface area contributed by atoms with Crippen molar-refractivity contribution in [1.82, 2.24) is 4.90 Å². The second kappa shape index (κ2) is 9.25. The largest absolute Gasteiger partial charge is 0.453 e. The molecule has 0 spiro atoms. The zero-order valence-electron chi connectivity index (χ0n) is 15.3. The molecule has 2 N–H and O–H groups in total. The highest BCUT2D eigenvalue weighted by molar-refractivity contribution is 5.89. The van der Waals surface area contributed by atoms with Gasteiger partial charge < -0.3 is 15.0 Å². The number of carbonyl (C=O) groups excluding carboxylic acids is 1. The average molecular weight is 353 g/mol. The van der Waals surface area contributed by atoms with Gasteiger partial charge in [-0.2, -0.15) is 0 Å². The molecule has 1 aliphatic rings. The van der Waals surface area contributed by atoms with Gasteiger partial charge in [0.1, 0.15) is 0 Å². The van der Waals surface area contributed by atoms with Crippen LogP contribution in [0.15, 0.2) is 54.6 Å². The van der Waals surface area contributed by atoms with Crippen LogP contribution >= 0.6 is 0 Å². The molecule has 2 aromatic carbocycles. The maximum Gasteiger partial charge on any atom is 0.411 e. The molecule has 1 aliphatic heterocycles. The van der Waals surface area contributed by atoms with E-state index in [4.69, 9.17) is 4.74 Å². The smallest absolute Gasteiger partial charge is 0.411 e. The van der Waals surface area contributed by atoms with Crippen LogP contribution < -0.4 is 10.6 Å². The molecule has 0 saturated carbocycles. The summed E-state index contributed by atoms with van der Waals surface area (Å²) in [7, 11) is 1.37. The number of hydrogen-bond donors (Lipinski definition) is 2. The van der Waals surface area contributed by atoms with Crippen molar-refractivity contribution in [3.05, 3.63) is 60.2 Å². The maximum atomic E-state index is 11.5. The van der Waals surface area contributed by atoms with Gasteiger partial charge >= 0.3 is 6.09 Å².